The molecule has 22 heavy (non-hydrogen) atoms. The van der Waals surface area contributed by atoms with Crippen molar-refractivity contribution in [3.63, 3.8) is 0 Å². The summed E-state index contributed by atoms with van der Waals surface area (Å²) >= 11 is 0. The first-order valence-electron chi connectivity index (χ1n) is 7.46. The van der Waals surface area contributed by atoms with E-state index >= 15 is 0 Å². The van der Waals surface area contributed by atoms with E-state index in [-0.39, 0.29) is 29.5 Å². The monoisotopic (exact) mass is 326 g/mol. The normalized spacial score (nSPS) is 16.5. The molecule has 6 nitrogen and oxygen atoms in total. The van der Waals surface area contributed by atoms with Crippen molar-refractivity contribution in [3.8, 4) is 0 Å². The van der Waals surface area contributed by atoms with Crippen molar-refractivity contribution in [1.82, 2.24) is 9.62 Å². The highest BCUT2D eigenvalue weighted by Gasteiger charge is 2.28. The molecule has 0 unspecified atom stereocenters. The van der Waals surface area contributed by atoms with Gasteiger partial charge in [0.2, 0.25) is 10.0 Å². The second kappa shape index (κ2) is 7.21. The fraction of sp³-hybridized carbons (Fsp3) is 0.533. The van der Waals surface area contributed by atoms with Crippen LogP contribution in [-0.4, -0.2) is 50.0 Å². The topological polar surface area (TPSA) is 86.7 Å². The predicted octanol–water partition coefficient (Wildman–Crippen LogP) is 0.892. The van der Waals surface area contributed by atoms with Gasteiger partial charge in [0, 0.05) is 25.2 Å². The molecule has 2 N–H and O–H groups in total. The van der Waals surface area contributed by atoms with E-state index in [9.17, 15) is 13.2 Å². The van der Waals surface area contributed by atoms with Crippen molar-refractivity contribution < 1.29 is 18.3 Å². The first-order chi connectivity index (χ1) is 10.5. The molecule has 1 aromatic carbocycles. The fourth-order valence-corrected chi connectivity index (χ4v) is 4.30. The van der Waals surface area contributed by atoms with E-state index in [4.69, 9.17) is 5.11 Å². The van der Waals surface area contributed by atoms with E-state index in [0.29, 0.717) is 18.7 Å². The minimum Gasteiger partial charge on any atom is -0.395 e. The van der Waals surface area contributed by atoms with Crippen LogP contribution < -0.4 is 5.32 Å². The van der Waals surface area contributed by atoms with Crippen LogP contribution >= 0.6 is 0 Å². The molecule has 1 aliphatic heterocycles. The van der Waals surface area contributed by atoms with E-state index in [1.54, 1.807) is 19.1 Å². The Kier molecular flexibility index (Phi) is 5.55. The van der Waals surface area contributed by atoms with Gasteiger partial charge in [-0.05, 0) is 37.5 Å². The molecule has 122 valence electrons. The molecule has 1 saturated heterocycles. The van der Waals surface area contributed by atoms with Crippen LogP contribution in [0, 0.1) is 6.92 Å². The van der Waals surface area contributed by atoms with E-state index in [2.05, 4.69) is 5.32 Å². The lowest BCUT2D eigenvalue weighted by Crippen LogP contribution is -2.36. The van der Waals surface area contributed by atoms with E-state index in [1.807, 2.05) is 0 Å². The number of carbonyl (C=O) groups is 1. The molecule has 0 bridgehead atoms. The van der Waals surface area contributed by atoms with E-state index in [0.717, 1.165) is 19.3 Å². The summed E-state index contributed by atoms with van der Waals surface area (Å²) in [5.41, 5.74) is 0.916. The molecule has 0 aliphatic carbocycles. The van der Waals surface area contributed by atoms with Gasteiger partial charge >= 0.3 is 0 Å². The zero-order valence-electron chi connectivity index (χ0n) is 12.7. The highest BCUT2D eigenvalue weighted by Crippen LogP contribution is 2.24. The molecule has 0 aromatic heterocycles. The summed E-state index contributed by atoms with van der Waals surface area (Å²) in [6, 6.07) is 4.66. The van der Waals surface area contributed by atoms with Crippen LogP contribution in [-0.2, 0) is 10.0 Å². The van der Waals surface area contributed by atoms with Crippen molar-refractivity contribution in [2.24, 2.45) is 0 Å². The average molecular weight is 326 g/mol. The lowest BCUT2D eigenvalue weighted by molar-refractivity contribution is 0.0944. The maximum Gasteiger partial charge on any atom is 0.251 e. The summed E-state index contributed by atoms with van der Waals surface area (Å²) in [6.07, 6.45) is 2.79. The van der Waals surface area contributed by atoms with Crippen LogP contribution in [0.5, 0.6) is 0 Å². The third kappa shape index (κ3) is 3.66. The summed E-state index contributed by atoms with van der Waals surface area (Å²) in [7, 11) is -3.57. The number of nitrogens with zero attached hydrogens (tertiary/aromatic N) is 1. The van der Waals surface area contributed by atoms with Crippen LogP contribution in [0.1, 0.15) is 35.2 Å². The number of piperidine rings is 1. The highest BCUT2D eigenvalue weighted by atomic mass is 32.2. The number of aliphatic hydroxyl groups is 1. The van der Waals surface area contributed by atoms with Crippen LogP contribution in [0.3, 0.4) is 0 Å². The molecule has 0 atom stereocenters. The first-order valence-corrected chi connectivity index (χ1v) is 8.90. The molecule has 1 fully saturated rings. The molecule has 1 amide bonds. The van der Waals surface area contributed by atoms with Gasteiger partial charge in [-0.15, -0.1) is 0 Å². The third-order valence-electron chi connectivity index (χ3n) is 3.78. The zero-order chi connectivity index (χ0) is 16.2. The van der Waals surface area contributed by atoms with Gasteiger partial charge in [0.1, 0.15) is 0 Å². The molecule has 1 aromatic rings. The van der Waals surface area contributed by atoms with Crippen molar-refractivity contribution in [2.45, 2.75) is 31.1 Å². The quantitative estimate of drug-likeness (QED) is 0.841. The standard InChI is InChI=1S/C15H22N2O4S/c1-12-5-6-13(15(19)16-7-10-18)11-14(12)22(20,21)17-8-3-2-4-9-17/h5-6,11,18H,2-4,7-10H2,1H3,(H,16,19). The minimum atomic E-state index is -3.57. The number of nitrogens with one attached hydrogen (secondary N) is 1. The van der Waals surface area contributed by atoms with Crippen LogP contribution in [0.4, 0.5) is 0 Å². The minimum absolute atomic E-state index is 0.140. The predicted molar refractivity (Wildman–Crippen MR) is 83.2 cm³/mol. The number of hydrogen-bond donors (Lipinski definition) is 2. The molecule has 7 heteroatoms. The Balaban J connectivity index is 2.31. The largest absolute Gasteiger partial charge is 0.395 e. The Hall–Kier alpha value is -1.44. The van der Waals surface area contributed by atoms with Gasteiger partial charge < -0.3 is 10.4 Å². The number of aryl methyl sites for hydroxylation is 1. The van der Waals surface area contributed by atoms with Gasteiger partial charge in [-0.3, -0.25) is 4.79 Å². The summed E-state index contributed by atoms with van der Waals surface area (Å²) in [6.45, 7) is 2.77. The number of carbonyl (C=O) groups excluding carboxylic acids is 1. The molecule has 0 spiro atoms. The zero-order valence-corrected chi connectivity index (χ0v) is 13.5. The number of benzene rings is 1. The molecule has 2 rings (SSSR count). The second-order valence-corrected chi connectivity index (χ2v) is 7.33. The van der Waals surface area contributed by atoms with Gasteiger partial charge in [0.25, 0.3) is 5.91 Å². The number of aliphatic hydroxyl groups excluding tert-OH is 1. The molecule has 1 aliphatic rings. The third-order valence-corrected chi connectivity index (χ3v) is 5.82. The van der Waals surface area contributed by atoms with Gasteiger partial charge in [0.05, 0.1) is 11.5 Å². The number of sulfonamides is 1. The van der Waals surface area contributed by atoms with Crippen molar-refractivity contribution in [1.29, 1.82) is 0 Å². The van der Waals surface area contributed by atoms with Crippen LogP contribution in [0.2, 0.25) is 0 Å². The Bertz CT molecular complexity index is 637. The Morgan fingerprint density at radius 2 is 1.95 bits per heavy atom. The highest BCUT2D eigenvalue weighted by molar-refractivity contribution is 7.89. The van der Waals surface area contributed by atoms with E-state index < -0.39 is 10.0 Å². The van der Waals surface area contributed by atoms with Gasteiger partial charge in [-0.2, -0.15) is 4.31 Å². The summed E-state index contributed by atoms with van der Waals surface area (Å²) in [4.78, 5) is 12.1. The van der Waals surface area contributed by atoms with Crippen molar-refractivity contribution in [3.05, 3.63) is 29.3 Å². The molecular weight excluding hydrogens is 304 g/mol. The average Bonchev–Trinajstić information content (AvgIpc) is 2.53. The number of hydrogen-bond acceptors (Lipinski definition) is 4. The van der Waals surface area contributed by atoms with Gasteiger partial charge in [-0.1, -0.05) is 12.5 Å². The first kappa shape index (κ1) is 16.9. The smallest absolute Gasteiger partial charge is 0.251 e. The lowest BCUT2D eigenvalue weighted by atomic mass is 10.1. The Morgan fingerprint density at radius 1 is 1.27 bits per heavy atom. The van der Waals surface area contributed by atoms with Gasteiger partial charge in [0.15, 0.2) is 0 Å². The molecule has 1 heterocycles. The van der Waals surface area contributed by atoms with E-state index in [1.165, 1.54) is 10.4 Å². The summed E-state index contributed by atoms with van der Waals surface area (Å²) in [5, 5.41) is 11.3. The van der Waals surface area contributed by atoms with Crippen molar-refractivity contribution in [2.75, 3.05) is 26.2 Å². The Morgan fingerprint density at radius 3 is 2.59 bits per heavy atom. The fourth-order valence-electron chi connectivity index (χ4n) is 2.54. The Labute approximate surface area is 131 Å². The maximum absolute atomic E-state index is 12.8. The number of rotatable bonds is 5. The molecule has 0 saturated carbocycles. The number of amides is 1. The SMILES string of the molecule is Cc1ccc(C(=O)NCCO)cc1S(=O)(=O)N1CCCCC1. The molecule has 0 radical (unpaired) electrons. The van der Waals surface area contributed by atoms with Crippen LogP contribution in [0.25, 0.3) is 0 Å². The maximum atomic E-state index is 12.8. The van der Waals surface area contributed by atoms with Crippen LogP contribution in [0.15, 0.2) is 23.1 Å². The summed E-state index contributed by atoms with van der Waals surface area (Å²) < 4.78 is 27.0. The lowest BCUT2D eigenvalue weighted by Gasteiger charge is -2.26. The molecular formula is C15H22N2O4S. The van der Waals surface area contributed by atoms with Crippen molar-refractivity contribution >= 4 is 15.9 Å². The second-order valence-electron chi connectivity index (χ2n) is 5.42. The van der Waals surface area contributed by atoms with Gasteiger partial charge in [-0.25, -0.2) is 8.42 Å². The summed E-state index contributed by atoms with van der Waals surface area (Å²) in [5.74, 6) is -0.385.